The van der Waals surface area contributed by atoms with Gasteiger partial charge in [0.25, 0.3) is 0 Å². The molecule has 3 aromatic heterocycles. The number of pyridine rings is 1. The van der Waals surface area contributed by atoms with Crippen LogP contribution in [0.2, 0.25) is 0 Å². The van der Waals surface area contributed by atoms with Crippen molar-refractivity contribution in [2.75, 3.05) is 11.9 Å². The zero-order chi connectivity index (χ0) is 18.2. The normalized spacial score (nSPS) is 15.6. The third-order valence-electron chi connectivity index (χ3n) is 5.61. The van der Waals surface area contributed by atoms with E-state index >= 15 is 0 Å². The molecule has 0 atom stereocenters. The number of H-pyrrole nitrogens is 1. The van der Waals surface area contributed by atoms with E-state index in [2.05, 4.69) is 56.0 Å². The van der Waals surface area contributed by atoms with Crippen LogP contribution >= 0.6 is 0 Å². The molecular weight excluding hydrogens is 336 g/mol. The zero-order valence-corrected chi connectivity index (χ0v) is 15.6. The monoisotopic (exact) mass is 360 g/mol. The highest BCUT2D eigenvalue weighted by Crippen LogP contribution is 2.34. The minimum Gasteiger partial charge on any atom is -0.370 e. The standard InChI is InChI=1S/C21H24N6/c1-2-22-19-11-16(20-21(26-19)24-12-23-20)14-8-9-18-17(10-14)25-13-27(18)15-6-4-3-5-7-15/h8-13,15H,2-7H2,1H3,(H2,22,23,24,26). The molecule has 27 heavy (non-hydrogen) atoms. The molecule has 3 heterocycles. The van der Waals surface area contributed by atoms with Gasteiger partial charge in [0.2, 0.25) is 0 Å². The van der Waals surface area contributed by atoms with E-state index in [-0.39, 0.29) is 0 Å². The zero-order valence-electron chi connectivity index (χ0n) is 15.6. The van der Waals surface area contributed by atoms with Crippen LogP contribution < -0.4 is 5.32 Å². The first-order chi connectivity index (χ1) is 13.3. The highest BCUT2D eigenvalue weighted by molar-refractivity contribution is 5.94. The van der Waals surface area contributed by atoms with Crippen LogP contribution in [-0.2, 0) is 0 Å². The summed E-state index contributed by atoms with van der Waals surface area (Å²) in [7, 11) is 0. The predicted octanol–water partition coefficient (Wildman–Crippen LogP) is 4.91. The molecule has 0 aliphatic heterocycles. The van der Waals surface area contributed by atoms with Gasteiger partial charge in [0.15, 0.2) is 5.65 Å². The van der Waals surface area contributed by atoms with Crippen LogP contribution in [0.15, 0.2) is 36.9 Å². The van der Waals surface area contributed by atoms with Crippen molar-refractivity contribution in [1.29, 1.82) is 0 Å². The van der Waals surface area contributed by atoms with E-state index in [4.69, 9.17) is 4.98 Å². The average molecular weight is 360 g/mol. The first-order valence-electron chi connectivity index (χ1n) is 9.88. The van der Waals surface area contributed by atoms with Crippen molar-refractivity contribution in [2.24, 2.45) is 0 Å². The average Bonchev–Trinajstić information content (AvgIpc) is 3.34. The van der Waals surface area contributed by atoms with Gasteiger partial charge in [-0.2, -0.15) is 0 Å². The molecule has 0 radical (unpaired) electrons. The fraction of sp³-hybridized carbons (Fsp3) is 0.381. The molecule has 2 N–H and O–H groups in total. The van der Waals surface area contributed by atoms with Crippen LogP contribution in [-0.4, -0.2) is 31.0 Å². The molecule has 5 rings (SSSR count). The summed E-state index contributed by atoms with van der Waals surface area (Å²) >= 11 is 0. The fourth-order valence-corrected chi connectivity index (χ4v) is 4.27. The van der Waals surface area contributed by atoms with Gasteiger partial charge in [-0.1, -0.05) is 25.3 Å². The molecule has 0 amide bonds. The van der Waals surface area contributed by atoms with Crippen molar-refractivity contribution < 1.29 is 0 Å². The van der Waals surface area contributed by atoms with Crippen molar-refractivity contribution in [1.82, 2.24) is 24.5 Å². The van der Waals surface area contributed by atoms with Gasteiger partial charge in [0, 0.05) is 18.2 Å². The number of fused-ring (bicyclic) bond motifs is 2. The maximum Gasteiger partial charge on any atom is 0.180 e. The maximum absolute atomic E-state index is 4.71. The Balaban J connectivity index is 1.59. The van der Waals surface area contributed by atoms with Gasteiger partial charge in [-0.25, -0.2) is 15.0 Å². The van der Waals surface area contributed by atoms with Crippen LogP contribution in [0.3, 0.4) is 0 Å². The van der Waals surface area contributed by atoms with Crippen molar-refractivity contribution in [3.05, 3.63) is 36.9 Å². The Bertz CT molecular complexity index is 1090. The Labute approximate surface area is 158 Å². The lowest BCUT2D eigenvalue weighted by atomic mass is 9.95. The highest BCUT2D eigenvalue weighted by atomic mass is 15.1. The number of rotatable bonds is 4. The third kappa shape index (κ3) is 2.85. The smallest absolute Gasteiger partial charge is 0.180 e. The number of nitrogens with zero attached hydrogens (tertiary/aromatic N) is 4. The van der Waals surface area contributed by atoms with Crippen LogP contribution in [0.5, 0.6) is 0 Å². The summed E-state index contributed by atoms with van der Waals surface area (Å²) < 4.78 is 2.38. The molecular formula is C21H24N6. The van der Waals surface area contributed by atoms with Crippen molar-refractivity contribution in [3.8, 4) is 11.1 Å². The Kier molecular flexibility index (Phi) is 4.03. The lowest BCUT2D eigenvalue weighted by molar-refractivity contribution is 0.359. The minimum atomic E-state index is 0.593. The number of aromatic amines is 1. The molecule has 1 aliphatic carbocycles. The lowest BCUT2D eigenvalue weighted by Gasteiger charge is -2.23. The molecule has 1 aliphatic rings. The Morgan fingerprint density at radius 1 is 1.15 bits per heavy atom. The van der Waals surface area contributed by atoms with Gasteiger partial charge in [-0.05, 0) is 43.5 Å². The maximum atomic E-state index is 4.71. The van der Waals surface area contributed by atoms with Crippen LogP contribution in [0.1, 0.15) is 45.1 Å². The summed E-state index contributed by atoms with van der Waals surface area (Å²) in [6.07, 6.45) is 10.3. The predicted molar refractivity (Wildman–Crippen MR) is 109 cm³/mol. The molecule has 138 valence electrons. The Morgan fingerprint density at radius 2 is 2.04 bits per heavy atom. The second kappa shape index (κ2) is 6.68. The molecule has 6 nitrogen and oxygen atoms in total. The molecule has 0 bridgehead atoms. The van der Waals surface area contributed by atoms with Crippen molar-refractivity contribution >= 4 is 28.0 Å². The highest BCUT2D eigenvalue weighted by Gasteiger charge is 2.18. The summed E-state index contributed by atoms with van der Waals surface area (Å²) in [4.78, 5) is 16.9. The second-order valence-electron chi connectivity index (χ2n) is 7.33. The molecule has 0 spiro atoms. The van der Waals surface area contributed by atoms with E-state index in [1.165, 1.54) is 37.6 Å². The van der Waals surface area contributed by atoms with Crippen molar-refractivity contribution in [3.63, 3.8) is 0 Å². The summed E-state index contributed by atoms with van der Waals surface area (Å²) in [5, 5.41) is 3.30. The van der Waals surface area contributed by atoms with E-state index in [0.29, 0.717) is 6.04 Å². The first kappa shape index (κ1) is 16.3. The molecule has 0 saturated heterocycles. The molecule has 1 saturated carbocycles. The van der Waals surface area contributed by atoms with Crippen LogP contribution in [0.4, 0.5) is 5.82 Å². The minimum absolute atomic E-state index is 0.593. The fourth-order valence-electron chi connectivity index (χ4n) is 4.27. The van der Waals surface area contributed by atoms with Gasteiger partial charge in [0.05, 0.1) is 29.2 Å². The number of anilines is 1. The number of hydrogen-bond acceptors (Lipinski definition) is 4. The van der Waals surface area contributed by atoms with Crippen molar-refractivity contribution in [2.45, 2.75) is 45.1 Å². The molecule has 4 aromatic rings. The molecule has 1 fully saturated rings. The van der Waals surface area contributed by atoms with Crippen LogP contribution in [0, 0.1) is 0 Å². The largest absolute Gasteiger partial charge is 0.370 e. The van der Waals surface area contributed by atoms with Gasteiger partial charge < -0.3 is 14.9 Å². The summed E-state index contributed by atoms with van der Waals surface area (Å²) in [6.45, 7) is 2.90. The second-order valence-corrected chi connectivity index (χ2v) is 7.33. The van der Waals surface area contributed by atoms with Gasteiger partial charge in [-0.15, -0.1) is 0 Å². The molecule has 0 unspecified atom stereocenters. The number of nitrogens with one attached hydrogen (secondary N) is 2. The number of benzene rings is 1. The molecule has 1 aromatic carbocycles. The Hall–Kier alpha value is -2.89. The van der Waals surface area contributed by atoms with Gasteiger partial charge >= 0.3 is 0 Å². The van der Waals surface area contributed by atoms with E-state index < -0.39 is 0 Å². The molecule has 6 heteroatoms. The Morgan fingerprint density at radius 3 is 2.89 bits per heavy atom. The van der Waals surface area contributed by atoms with Gasteiger partial charge in [0.1, 0.15) is 5.82 Å². The first-order valence-corrected chi connectivity index (χ1v) is 9.88. The van der Waals surface area contributed by atoms with Crippen LogP contribution in [0.25, 0.3) is 33.3 Å². The SMILES string of the molecule is CCNc1cc(-c2ccc3c(c2)ncn3C2CCCCC2)c2[nH]cnc2n1. The van der Waals surface area contributed by atoms with E-state index in [1.54, 1.807) is 6.33 Å². The van der Waals surface area contributed by atoms with Gasteiger partial charge in [-0.3, -0.25) is 0 Å². The van der Waals surface area contributed by atoms with E-state index in [1.807, 2.05) is 6.33 Å². The summed E-state index contributed by atoms with van der Waals surface area (Å²) in [6, 6.07) is 9.26. The number of aromatic nitrogens is 5. The summed E-state index contributed by atoms with van der Waals surface area (Å²) in [5.74, 6) is 0.847. The summed E-state index contributed by atoms with van der Waals surface area (Å²) in [5.41, 5.74) is 6.20. The number of hydrogen-bond donors (Lipinski definition) is 2. The topological polar surface area (TPSA) is 71.4 Å². The van der Waals surface area contributed by atoms with E-state index in [0.717, 1.165) is 40.2 Å². The lowest BCUT2D eigenvalue weighted by Crippen LogP contribution is -2.11. The third-order valence-corrected chi connectivity index (χ3v) is 5.61. The number of imidazole rings is 2. The van der Waals surface area contributed by atoms with E-state index in [9.17, 15) is 0 Å². The quantitative estimate of drug-likeness (QED) is 0.542.